The number of carbonyl (C=O) groups is 2. The third-order valence-electron chi connectivity index (χ3n) is 2.78. The molecule has 0 radical (unpaired) electrons. The molecule has 0 aliphatic heterocycles. The van der Waals surface area contributed by atoms with Gasteiger partial charge in [0.15, 0.2) is 0 Å². The second-order valence-electron chi connectivity index (χ2n) is 4.35. The molecule has 0 aliphatic rings. The minimum Gasteiger partial charge on any atom is -0.351 e. The maximum Gasteiger partial charge on any atom is 0.316 e. The molecule has 0 atom stereocenters. The highest BCUT2D eigenvalue weighted by atomic mass is 79.9. The molecule has 0 aliphatic carbocycles. The highest BCUT2D eigenvalue weighted by Crippen LogP contribution is 2.15. The summed E-state index contributed by atoms with van der Waals surface area (Å²) in [4.78, 5) is 22.8. The Morgan fingerprint density at radius 2 is 1.43 bits per heavy atom. The normalized spacial score (nSPS) is 9.95. The highest BCUT2D eigenvalue weighted by Gasteiger charge is 2.06. The lowest BCUT2D eigenvalue weighted by Crippen LogP contribution is -2.19. The maximum atomic E-state index is 12.1. The van der Waals surface area contributed by atoms with Gasteiger partial charge >= 0.3 is 6.03 Å². The molecule has 2 rings (SSSR count). The highest BCUT2D eigenvalue weighted by molar-refractivity contribution is 9.08. The lowest BCUT2D eigenvalue weighted by atomic mass is 10.1. The summed E-state index contributed by atoms with van der Waals surface area (Å²) in [5, 5.41) is 5.99. The van der Waals surface area contributed by atoms with Crippen LogP contribution in [0.15, 0.2) is 48.5 Å². The zero-order valence-corrected chi connectivity index (χ0v) is 12.7. The SMILES string of the molecule is NC(=O)Nc1ccc(NC(=O)c2ccc(CBr)cc2)cc1. The first kappa shape index (κ1) is 15.1. The fraction of sp³-hybridized carbons (Fsp3) is 0.0667. The van der Waals surface area contributed by atoms with E-state index in [4.69, 9.17) is 5.73 Å². The molecule has 5 nitrogen and oxygen atoms in total. The van der Waals surface area contributed by atoms with Crippen molar-refractivity contribution in [2.45, 2.75) is 5.33 Å². The Morgan fingerprint density at radius 3 is 1.90 bits per heavy atom. The van der Waals surface area contributed by atoms with Crippen LogP contribution in [0.25, 0.3) is 0 Å². The molecule has 21 heavy (non-hydrogen) atoms. The van der Waals surface area contributed by atoms with Crippen LogP contribution >= 0.6 is 15.9 Å². The van der Waals surface area contributed by atoms with Crippen LogP contribution in [0.3, 0.4) is 0 Å². The van der Waals surface area contributed by atoms with E-state index in [1.807, 2.05) is 12.1 Å². The second-order valence-corrected chi connectivity index (χ2v) is 4.91. The van der Waals surface area contributed by atoms with E-state index in [1.54, 1.807) is 36.4 Å². The molecule has 3 amide bonds. The van der Waals surface area contributed by atoms with Crippen molar-refractivity contribution in [3.8, 4) is 0 Å². The van der Waals surface area contributed by atoms with Gasteiger partial charge in [-0.3, -0.25) is 4.79 Å². The Balaban J connectivity index is 2.03. The molecular weight excluding hydrogens is 334 g/mol. The van der Waals surface area contributed by atoms with Crippen molar-refractivity contribution >= 4 is 39.2 Å². The van der Waals surface area contributed by atoms with E-state index in [-0.39, 0.29) is 5.91 Å². The van der Waals surface area contributed by atoms with Crippen molar-refractivity contribution in [2.75, 3.05) is 10.6 Å². The molecule has 108 valence electrons. The topological polar surface area (TPSA) is 84.2 Å². The molecule has 2 aromatic carbocycles. The van der Waals surface area contributed by atoms with Crippen molar-refractivity contribution in [1.82, 2.24) is 0 Å². The molecular formula is C15H14BrN3O2. The number of carbonyl (C=O) groups excluding carboxylic acids is 2. The van der Waals surface area contributed by atoms with Crippen LogP contribution in [0.4, 0.5) is 16.2 Å². The van der Waals surface area contributed by atoms with Crippen molar-refractivity contribution in [3.05, 3.63) is 59.7 Å². The standard InChI is InChI=1S/C15H14BrN3O2/c16-9-10-1-3-11(4-2-10)14(20)18-12-5-7-13(8-6-12)19-15(17)21/h1-8H,9H2,(H,18,20)(H3,17,19,21). The molecule has 0 heterocycles. The molecule has 0 spiro atoms. The fourth-order valence-corrected chi connectivity index (χ4v) is 2.10. The average Bonchev–Trinajstić information content (AvgIpc) is 2.49. The zero-order chi connectivity index (χ0) is 15.2. The van der Waals surface area contributed by atoms with Crippen molar-refractivity contribution < 1.29 is 9.59 Å². The molecule has 0 saturated heterocycles. The first-order valence-electron chi connectivity index (χ1n) is 6.21. The van der Waals surface area contributed by atoms with Crippen LogP contribution < -0.4 is 16.4 Å². The molecule has 6 heteroatoms. The van der Waals surface area contributed by atoms with Gasteiger partial charge in [-0.25, -0.2) is 4.79 Å². The van der Waals surface area contributed by atoms with Gasteiger partial charge in [-0.15, -0.1) is 0 Å². The number of urea groups is 1. The number of primary amides is 1. The van der Waals surface area contributed by atoms with E-state index in [2.05, 4.69) is 26.6 Å². The minimum absolute atomic E-state index is 0.188. The van der Waals surface area contributed by atoms with Crippen LogP contribution in [0.1, 0.15) is 15.9 Å². The molecule has 2 aromatic rings. The summed E-state index contributed by atoms with van der Waals surface area (Å²) in [6, 6.07) is 13.4. The number of hydrogen-bond acceptors (Lipinski definition) is 2. The number of nitrogens with two attached hydrogens (primary N) is 1. The molecule has 0 saturated carbocycles. The smallest absolute Gasteiger partial charge is 0.316 e. The molecule has 0 aromatic heterocycles. The number of anilines is 2. The van der Waals surface area contributed by atoms with Crippen LogP contribution in [0.2, 0.25) is 0 Å². The predicted molar refractivity (Wildman–Crippen MR) is 86.7 cm³/mol. The number of hydrogen-bond donors (Lipinski definition) is 3. The first-order chi connectivity index (χ1) is 10.1. The quantitative estimate of drug-likeness (QED) is 0.741. The Labute approximate surface area is 130 Å². The number of amides is 3. The lowest BCUT2D eigenvalue weighted by Gasteiger charge is -2.07. The maximum absolute atomic E-state index is 12.1. The van der Waals surface area contributed by atoms with Crippen LogP contribution in [-0.2, 0) is 5.33 Å². The summed E-state index contributed by atoms with van der Waals surface area (Å²) in [5.41, 5.74) is 7.92. The number of alkyl halides is 1. The second kappa shape index (κ2) is 6.90. The van der Waals surface area contributed by atoms with Gasteiger partial charge in [-0.2, -0.15) is 0 Å². The van der Waals surface area contributed by atoms with Gasteiger partial charge in [0.2, 0.25) is 0 Å². The summed E-state index contributed by atoms with van der Waals surface area (Å²) in [6.07, 6.45) is 0. The minimum atomic E-state index is -0.626. The van der Waals surface area contributed by atoms with Crippen molar-refractivity contribution in [2.24, 2.45) is 5.73 Å². The first-order valence-corrected chi connectivity index (χ1v) is 7.33. The summed E-state index contributed by atoms with van der Waals surface area (Å²) < 4.78 is 0. The van der Waals surface area contributed by atoms with E-state index in [0.29, 0.717) is 16.9 Å². The van der Waals surface area contributed by atoms with E-state index < -0.39 is 6.03 Å². The van der Waals surface area contributed by atoms with E-state index >= 15 is 0 Å². The van der Waals surface area contributed by atoms with Gasteiger partial charge in [0.1, 0.15) is 0 Å². The largest absolute Gasteiger partial charge is 0.351 e. The van der Waals surface area contributed by atoms with Gasteiger partial charge in [0.25, 0.3) is 5.91 Å². The fourth-order valence-electron chi connectivity index (χ4n) is 1.73. The van der Waals surface area contributed by atoms with Crippen molar-refractivity contribution in [3.63, 3.8) is 0 Å². The van der Waals surface area contributed by atoms with Crippen LogP contribution in [0, 0.1) is 0 Å². The van der Waals surface area contributed by atoms with E-state index in [9.17, 15) is 9.59 Å². The Bertz CT molecular complexity index is 639. The van der Waals surface area contributed by atoms with Gasteiger partial charge in [-0.1, -0.05) is 28.1 Å². The van der Waals surface area contributed by atoms with Gasteiger partial charge in [-0.05, 0) is 42.0 Å². The Morgan fingerprint density at radius 1 is 0.905 bits per heavy atom. The monoisotopic (exact) mass is 347 g/mol. The third kappa shape index (κ3) is 4.32. The molecule has 0 fully saturated rings. The Kier molecular flexibility index (Phi) is 4.94. The van der Waals surface area contributed by atoms with E-state index in [1.165, 1.54) is 0 Å². The van der Waals surface area contributed by atoms with Crippen molar-refractivity contribution in [1.29, 1.82) is 0 Å². The summed E-state index contributed by atoms with van der Waals surface area (Å²) in [5.74, 6) is -0.188. The molecule has 0 unspecified atom stereocenters. The zero-order valence-electron chi connectivity index (χ0n) is 11.1. The summed E-state index contributed by atoms with van der Waals surface area (Å²) in [7, 11) is 0. The number of halogens is 1. The molecule has 4 N–H and O–H groups in total. The number of rotatable bonds is 4. The third-order valence-corrected chi connectivity index (χ3v) is 3.43. The van der Waals surface area contributed by atoms with Crippen LogP contribution in [0.5, 0.6) is 0 Å². The lowest BCUT2D eigenvalue weighted by molar-refractivity contribution is 0.102. The average molecular weight is 348 g/mol. The van der Waals surface area contributed by atoms with Gasteiger partial charge in [0.05, 0.1) is 0 Å². The van der Waals surface area contributed by atoms with Crippen LogP contribution in [-0.4, -0.2) is 11.9 Å². The van der Waals surface area contributed by atoms with E-state index in [0.717, 1.165) is 10.9 Å². The number of nitrogens with one attached hydrogen (secondary N) is 2. The van der Waals surface area contributed by atoms with Gasteiger partial charge < -0.3 is 16.4 Å². The van der Waals surface area contributed by atoms with Gasteiger partial charge in [0, 0.05) is 22.3 Å². The summed E-state index contributed by atoms with van der Waals surface area (Å²) in [6.45, 7) is 0. The predicted octanol–water partition coefficient (Wildman–Crippen LogP) is 3.32. The molecule has 0 bridgehead atoms. The Hall–Kier alpha value is -2.34. The summed E-state index contributed by atoms with van der Waals surface area (Å²) >= 11 is 3.36. The number of benzene rings is 2.